The van der Waals surface area contributed by atoms with E-state index in [4.69, 9.17) is 0 Å². The molecule has 14 heavy (non-hydrogen) atoms. The average molecular weight is 215 g/mol. The number of hydrogen-bond acceptors (Lipinski definition) is 3. The van der Waals surface area contributed by atoms with Crippen LogP contribution in [-0.2, 0) is 0 Å². The number of rotatable bonds is 8. The maximum absolute atomic E-state index is 3.50. The van der Waals surface area contributed by atoms with E-state index in [0.717, 1.165) is 26.2 Å². The van der Waals surface area contributed by atoms with E-state index in [0.29, 0.717) is 0 Å². The van der Waals surface area contributed by atoms with Crippen molar-refractivity contribution in [3.05, 3.63) is 11.9 Å². The van der Waals surface area contributed by atoms with Crippen LogP contribution in [0.25, 0.3) is 0 Å². The van der Waals surface area contributed by atoms with Crippen LogP contribution in [0.3, 0.4) is 0 Å². The summed E-state index contributed by atoms with van der Waals surface area (Å²) < 4.78 is 0. The van der Waals surface area contributed by atoms with Crippen LogP contribution in [0.2, 0.25) is 0 Å². The molecule has 4 heteroatoms. The van der Waals surface area contributed by atoms with E-state index in [2.05, 4.69) is 54.5 Å². The summed E-state index contributed by atoms with van der Waals surface area (Å²) in [5.74, 6) is 0. The van der Waals surface area contributed by atoms with Gasteiger partial charge in [-0.25, -0.2) is 0 Å². The molecule has 0 amide bonds. The Balaban J connectivity index is 3.97. The fourth-order valence-corrected chi connectivity index (χ4v) is 3.00. The summed E-state index contributed by atoms with van der Waals surface area (Å²) in [4.78, 5) is 9.32. The molecule has 0 saturated carbocycles. The highest BCUT2D eigenvalue weighted by Crippen LogP contribution is 1.88. The molecular weight excluding hydrogens is 190 g/mol. The highest BCUT2D eigenvalue weighted by Gasteiger charge is 2.02. The lowest BCUT2D eigenvalue weighted by molar-refractivity contribution is 0.419. The zero-order valence-corrected chi connectivity index (χ0v) is 11.2. The van der Waals surface area contributed by atoms with Crippen molar-refractivity contribution < 1.29 is 0 Å². The molecule has 0 bridgehead atoms. The highest BCUT2D eigenvalue weighted by atomic mass is 28.3. The molecule has 0 aromatic heterocycles. The van der Waals surface area contributed by atoms with Gasteiger partial charge in [-0.2, -0.15) is 0 Å². The molecule has 84 valence electrons. The van der Waals surface area contributed by atoms with Crippen LogP contribution in [-0.4, -0.2) is 40.2 Å². The van der Waals surface area contributed by atoms with E-state index < -0.39 is 9.12 Å². The zero-order chi connectivity index (χ0) is 10.8. The summed E-state index contributed by atoms with van der Waals surface area (Å²) in [5.41, 5.74) is 2.32. The van der Waals surface area contributed by atoms with Crippen LogP contribution in [0.4, 0.5) is 0 Å². The van der Waals surface area contributed by atoms with Gasteiger partial charge in [-0.15, -0.1) is 0 Å². The van der Waals surface area contributed by atoms with Crippen LogP contribution in [0.15, 0.2) is 11.9 Å². The molecule has 0 rings (SSSR count). The van der Waals surface area contributed by atoms with Gasteiger partial charge < -0.3 is 14.9 Å². The lowest BCUT2D eigenvalue weighted by atomic mass is 10.5. The van der Waals surface area contributed by atoms with E-state index >= 15 is 0 Å². The second-order valence-electron chi connectivity index (χ2n) is 3.16. The smallest absolute Gasteiger partial charge is 0.211 e. The van der Waals surface area contributed by atoms with Crippen molar-refractivity contribution in [1.29, 1.82) is 0 Å². The minimum Gasteiger partial charge on any atom is -0.378 e. The van der Waals surface area contributed by atoms with Gasteiger partial charge in [0.05, 0.1) is 0 Å². The van der Waals surface area contributed by atoms with E-state index in [1.807, 2.05) is 0 Å². The van der Waals surface area contributed by atoms with Crippen molar-refractivity contribution in [3.8, 4) is 0 Å². The van der Waals surface area contributed by atoms with Gasteiger partial charge in [0.1, 0.15) is 0 Å². The number of hydrogen-bond donors (Lipinski definition) is 2. The first kappa shape index (κ1) is 13.7. The molecule has 0 aromatic rings. The second-order valence-corrected chi connectivity index (χ2v) is 5.31. The lowest BCUT2D eigenvalue weighted by Crippen LogP contribution is -2.46. The molecular formula is C10H25N3Si. The summed E-state index contributed by atoms with van der Waals surface area (Å²) in [6, 6.07) is 0. The van der Waals surface area contributed by atoms with Gasteiger partial charge in [0, 0.05) is 13.1 Å². The van der Waals surface area contributed by atoms with Gasteiger partial charge in [0.2, 0.25) is 9.12 Å². The monoisotopic (exact) mass is 215 g/mol. The van der Waals surface area contributed by atoms with Crippen molar-refractivity contribution in [2.24, 2.45) is 0 Å². The molecule has 0 spiro atoms. The molecule has 2 N–H and O–H groups in total. The predicted molar refractivity (Wildman–Crippen MR) is 66.6 cm³/mol. The molecule has 0 aliphatic rings. The van der Waals surface area contributed by atoms with Crippen LogP contribution >= 0.6 is 0 Å². The molecule has 0 aliphatic heterocycles. The van der Waals surface area contributed by atoms with Gasteiger partial charge in [-0.05, 0) is 33.1 Å². The van der Waals surface area contributed by atoms with Crippen LogP contribution in [0, 0.1) is 0 Å². The van der Waals surface area contributed by atoms with Gasteiger partial charge in [0.15, 0.2) is 0 Å². The molecule has 0 saturated heterocycles. The molecule has 0 heterocycles. The molecule has 0 aromatic carbocycles. The highest BCUT2D eigenvalue weighted by molar-refractivity contribution is 6.58. The molecule has 0 aliphatic carbocycles. The normalized spacial score (nSPS) is 11.5. The maximum atomic E-state index is 3.50. The number of nitrogens with zero attached hydrogens (tertiary/aromatic N) is 1. The third-order valence-corrected chi connectivity index (χ3v) is 4.40. The van der Waals surface area contributed by atoms with Gasteiger partial charge in [-0.1, -0.05) is 19.5 Å². The number of nitrogens with one attached hydrogen (secondary N) is 2. The Bertz CT molecular complexity index is 140. The molecule has 0 atom stereocenters. The standard InChI is InChI=1S/C10H25N3Si/c1-5-11-14(12-6-2)10-9-13(7-3)8-4/h9-12,14H,5-8H2,1-4H3. The van der Waals surface area contributed by atoms with E-state index in [1.165, 1.54) is 0 Å². The Morgan fingerprint density at radius 2 is 1.50 bits per heavy atom. The summed E-state index contributed by atoms with van der Waals surface area (Å²) >= 11 is 0. The summed E-state index contributed by atoms with van der Waals surface area (Å²) in [6.45, 7) is 13.0. The topological polar surface area (TPSA) is 27.3 Å². The molecule has 3 nitrogen and oxygen atoms in total. The van der Waals surface area contributed by atoms with Crippen molar-refractivity contribution in [2.75, 3.05) is 26.2 Å². The Morgan fingerprint density at radius 1 is 1.00 bits per heavy atom. The first-order valence-electron chi connectivity index (χ1n) is 5.67. The fourth-order valence-electron chi connectivity index (χ4n) is 1.29. The summed E-state index contributed by atoms with van der Waals surface area (Å²) in [6.07, 6.45) is 2.22. The molecule has 0 unspecified atom stereocenters. The Morgan fingerprint density at radius 3 is 1.86 bits per heavy atom. The van der Waals surface area contributed by atoms with Crippen molar-refractivity contribution in [3.63, 3.8) is 0 Å². The first-order valence-corrected chi connectivity index (χ1v) is 7.49. The van der Waals surface area contributed by atoms with Crippen molar-refractivity contribution in [2.45, 2.75) is 27.7 Å². The third-order valence-electron chi connectivity index (χ3n) is 2.15. The Labute approximate surface area is 90.3 Å². The largest absolute Gasteiger partial charge is 0.378 e. The summed E-state index contributed by atoms with van der Waals surface area (Å²) in [7, 11) is -1.04. The first-order chi connectivity index (χ1) is 6.78. The molecule has 0 radical (unpaired) electrons. The minimum atomic E-state index is -1.04. The van der Waals surface area contributed by atoms with Crippen LogP contribution in [0.1, 0.15) is 27.7 Å². The maximum Gasteiger partial charge on any atom is 0.211 e. The Hall–Kier alpha value is -0.323. The van der Waals surface area contributed by atoms with E-state index in [1.54, 1.807) is 0 Å². The summed E-state index contributed by atoms with van der Waals surface area (Å²) in [5, 5.41) is 0. The van der Waals surface area contributed by atoms with Gasteiger partial charge in [-0.3, -0.25) is 0 Å². The van der Waals surface area contributed by atoms with Crippen LogP contribution in [0.5, 0.6) is 0 Å². The quantitative estimate of drug-likeness (QED) is 0.587. The lowest BCUT2D eigenvalue weighted by Gasteiger charge is -2.17. The van der Waals surface area contributed by atoms with Crippen molar-refractivity contribution >= 4 is 9.12 Å². The van der Waals surface area contributed by atoms with Crippen molar-refractivity contribution in [1.82, 2.24) is 14.9 Å². The molecule has 0 fully saturated rings. The van der Waals surface area contributed by atoms with E-state index in [9.17, 15) is 0 Å². The SMILES string of the molecule is CCN[SiH](C=CN(CC)CC)NCC. The second kappa shape index (κ2) is 9.24. The third kappa shape index (κ3) is 6.18. The fraction of sp³-hybridized carbons (Fsp3) is 0.800. The zero-order valence-electron chi connectivity index (χ0n) is 10.0. The Kier molecular flexibility index (Phi) is 9.03. The van der Waals surface area contributed by atoms with Crippen LogP contribution < -0.4 is 9.96 Å². The predicted octanol–water partition coefficient (Wildman–Crippen LogP) is 0.821. The average Bonchev–Trinajstić information content (AvgIpc) is 2.20. The van der Waals surface area contributed by atoms with Gasteiger partial charge >= 0.3 is 0 Å². The minimum absolute atomic E-state index is 1.04. The van der Waals surface area contributed by atoms with Gasteiger partial charge in [0.25, 0.3) is 0 Å². The van der Waals surface area contributed by atoms with E-state index in [-0.39, 0.29) is 0 Å².